The largest absolute Gasteiger partial charge is 0.489 e. The van der Waals surface area contributed by atoms with Crippen LogP contribution in [0.1, 0.15) is 39.6 Å². The number of carbonyl (C=O) groups is 1. The van der Waals surface area contributed by atoms with Crippen LogP contribution in [0, 0.1) is 0 Å². The summed E-state index contributed by atoms with van der Waals surface area (Å²) in [4.78, 5) is 13.3. The SMILES string of the molecule is O=C1CC(c2c(Cl)cccc2Cl)Oc2cc(OCc3ccccc3)cc(OCc3ccccc3)c21. The minimum atomic E-state index is -0.609. The number of halogens is 2. The molecule has 1 unspecified atom stereocenters. The molecule has 1 heterocycles. The molecule has 0 aliphatic carbocycles. The molecule has 0 radical (unpaired) electrons. The zero-order valence-electron chi connectivity index (χ0n) is 18.7. The molecule has 4 aromatic rings. The number of ether oxygens (including phenoxy) is 3. The van der Waals surface area contributed by atoms with Gasteiger partial charge < -0.3 is 14.2 Å². The Balaban J connectivity index is 1.48. The van der Waals surface area contributed by atoms with Gasteiger partial charge in [-0.15, -0.1) is 0 Å². The van der Waals surface area contributed by atoms with Crippen LogP contribution in [-0.2, 0) is 13.2 Å². The van der Waals surface area contributed by atoms with E-state index in [9.17, 15) is 4.79 Å². The standard InChI is InChI=1S/C29H22Cl2O4/c30-22-12-7-13-23(31)28(22)27-16-24(32)29-25(34-18-20-10-5-2-6-11-20)14-21(15-26(29)35-27)33-17-19-8-3-1-4-9-19/h1-15,27H,16-18H2. The van der Waals surface area contributed by atoms with Crippen LogP contribution in [0.5, 0.6) is 17.2 Å². The summed E-state index contributed by atoms with van der Waals surface area (Å²) in [5.41, 5.74) is 3.00. The number of benzene rings is 4. The number of hydrogen-bond donors (Lipinski definition) is 0. The van der Waals surface area contributed by atoms with Gasteiger partial charge in [0.05, 0.1) is 6.42 Å². The third-order valence-electron chi connectivity index (χ3n) is 5.77. The maximum absolute atomic E-state index is 13.3. The van der Waals surface area contributed by atoms with Gasteiger partial charge in [0, 0.05) is 27.7 Å². The fourth-order valence-corrected chi connectivity index (χ4v) is 4.69. The predicted molar refractivity (Wildman–Crippen MR) is 137 cm³/mol. The van der Waals surface area contributed by atoms with Crippen molar-refractivity contribution < 1.29 is 19.0 Å². The molecule has 4 nitrogen and oxygen atoms in total. The highest BCUT2D eigenvalue weighted by atomic mass is 35.5. The lowest BCUT2D eigenvalue weighted by Gasteiger charge is -2.28. The molecule has 0 amide bonds. The van der Waals surface area contributed by atoms with Crippen LogP contribution in [0.15, 0.2) is 91.0 Å². The molecular formula is C29H22Cl2O4. The lowest BCUT2D eigenvalue weighted by Crippen LogP contribution is -2.22. The van der Waals surface area contributed by atoms with Crippen LogP contribution >= 0.6 is 23.2 Å². The van der Waals surface area contributed by atoms with E-state index in [1.165, 1.54) is 0 Å². The number of rotatable bonds is 7. The van der Waals surface area contributed by atoms with Crippen LogP contribution in [-0.4, -0.2) is 5.78 Å². The van der Waals surface area contributed by atoms with Gasteiger partial charge >= 0.3 is 0 Å². The van der Waals surface area contributed by atoms with Crippen molar-refractivity contribution in [3.8, 4) is 17.2 Å². The summed E-state index contributed by atoms with van der Waals surface area (Å²) in [7, 11) is 0. The predicted octanol–water partition coefficient (Wildman–Crippen LogP) is 7.86. The van der Waals surface area contributed by atoms with E-state index in [1.54, 1.807) is 30.3 Å². The van der Waals surface area contributed by atoms with E-state index in [4.69, 9.17) is 37.4 Å². The molecule has 0 saturated heterocycles. The fourth-order valence-electron chi connectivity index (χ4n) is 4.05. The van der Waals surface area contributed by atoms with Crippen molar-refractivity contribution in [1.82, 2.24) is 0 Å². The van der Waals surface area contributed by atoms with Gasteiger partial charge in [-0.1, -0.05) is 89.9 Å². The number of carbonyl (C=O) groups excluding carboxylic acids is 1. The molecule has 1 atom stereocenters. The van der Waals surface area contributed by atoms with E-state index in [0.29, 0.717) is 51.6 Å². The van der Waals surface area contributed by atoms with Crippen molar-refractivity contribution in [2.75, 3.05) is 0 Å². The van der Waals surface area contributed by atoms with E-state index in [-0.39, 0.29) is 12.2 Å². The summed E-state index contributed by atoms with van der Waals surface area (Å²) in [5.74, 6) is 1.23. The Morgan fingerprint density at radius 3 is 2.00 bits per heavy atom. The third kappa shape index (κ3) is 5.29. The molecular weight excluding hydrogens is 483 g/mol. The highest BCUT2D eigenvalue weighted by molar-refractivity contribution is 6.36. The summed E-state index contributed by atoms with van der Waals surface area (Å²) in [6.45, 7) is 0.675. The Labute approximate surface area is 214 Å². The molecule has 1 aliphatic rings. The topological polar surface area (TPSA) is 44.8 Å². The van der Waals surface area contributed by atoms with Crippen LogP contribution < -0.4 is 14.2 Å². The molecule has 4 aromatic carbocycles. The first-order valence-corrected chi connectivity index (χ1v) is 12.0. The van der Waals surface area contributed by atoms with E-state index < -0.39 is 6.10 Å². The van der Waals surface area contributed by atoms with E-state index in [0.717, 1.165) is 11.1 Å². The first-order chi connectivity index (χ1) is 17.1. The number of hydrogen-bond acceptors (Lipinski definition) is 4. The molecule has 0 fully saturated rings. The number of fused-ring (bicyclic) bond motifs is 1. The number of ketones is 1. The maximum atomic E-state index is 13.3. The van der Waals surface area contributed by atoms with Gasteiger partial charge in [0.2, 0.25) is 0 Å². The van der Waals surface area contributed by atoms with Crippen molar-refractivity contribution in [3.05, 3.63) is 123 Å². The second-order valence-corrected chi connectivity index (χ2v) is 9.03. The Morgan fingerprint density at radius 1 is 0.771 bits per heavy atom. The molecule has 5 rings (SSSR count). The Bertz CT molecular complexity index is 1320. The summed E-state index contributed by atoms with van der Waals surface area (Å²) in [6, 6.07) is 28.3. The number of Topliss-reactive ketones (excluding diaryl/α,β-unsaturated/α-hetero) is 1. The van der Waals surface area contributed by atoms with Crippen molar-refractivity contribution in [3.63, 3.8) is 0 Å². The lowest BCUT2D eigenvalue weighted by atomic mass is 9.95. The second-order valence-electron chi connectivity index (χ2n) is 8.21. The summed E-state index contributed by atoms with van der Waals surface area (Å²) < 4.78 is 18.4. The monoisotopic (exact) mass is 504 g/mol. The summed E-state index contributed by atoms with van der Waals surface area (Å²) in [5, 5.41) is 0.909. The smallest absolute Gasteiger partial charge is 0.174 e. The molecule has 35 heavy (non-hydrogen) atoms. The van der Waals surface area contributed by atoms with Gasteiger partial charge in [0.25, 0.3) is 0 Å². The van der Waals surface area contributed by atoms with Crippen LogP contribution in [0.3, 0.4) is 0 Å². The molecule has 0 aromatic heterocycles. The normalized spacial score (nSPS) is 14.7. The molecule has 1 aliphatic heterocycles. The van der Waals surface area contributed by atoms with E-state index >= 15 is 0 Å². The van der Waals surface area contributed by atoms with Gasteiger partial charge in [0.1, 0.15) is 42.1 Å². The fraction of sp³-hybridized carbons (Fsp3) is 0.138. The Morgan fingerprint density at radius 2 is 1.37 bits per heavy atom. The Kier molecular flexibility index (Phi) is 6.94. The van der Waals surface area contributed by atoms with Crippen LogP contribution in [0.2, 0.25) is 10.0 Å². The van der Waals surface area contributed by atoms with Crippen LogP contribution in [0.25, 0.3) is 0 Å². The van der Waals surface area contributed by atoms with E-state index in [1.807, 2.05) is 60.7 Å². The average molecular weight is 505 g/mol. The quantitative estimate of drug-likeness (QED) is 0.257. The molecule has 0 spiro atoms. The second kappa shape index (κ2) is 10.4. The maximum Gasteiger partial charge on any atom is 0.174 e. The van der Waals surface area contributed by atoms with Gasteiger partial charge in [-0.3, -0.25) is 4.79 Å². The first-order valence-electron chi connectivity index (χ1n) is 11.2. The minimum absolute atomic E-state index is 0.0996. The van der Waals surface area contributed by atoms with Gasteiger partial charge in [-0.05, 0) is 23.3 Å². The van der Waals surface area contributed by atoms with Crippen molar-refractivity contribution in [1.29, 1.82) is 0 Å². The summed E-state index contributed by atoms with van der Waals surface area (Å²) in [6.07, 6.45) is -0.509. The van der Waals surface area contributed by atoms with Gasteiger partial charge in [0.15, 0.2) is 5.78 Å². The zero-order valence-corrected chi connectivity index (χ0v) is 20.3. The minimum Gasteiger partial charge on any atom is -0.489 e. The van der Waals surface area contributed by atoms with Crippen molar-refractivity contribution >= 4 is 29.0 Å². The molecule has 0 bridgehead atoms. The third-order valence-corrected chi connectivity index (χ3v) is 6.42. The van der Waals surface area contributed by atoms with Gasteiger partial charge in [-0.2, -0.15) is 0 Å². The van der Waals surface area contributed by atoms with Gasteiger partial charge in [-0.25, -0.2) is 0 Å². The average Bonchev–Trinajstić information content (AvgIpc) is 2.87. The Hall–Kier alpha value is -3.47. The summed E-state index contributed by atoms with van der Waals surface area (Å²) >= 11 is 12.8. The van der Waals surface area contributed by atoms with Crippen LogP contribution in [0.4, 0.5) is 0 Å². The molecule has 176 valence electrons. The van der Waals surface area contributed by atoms with Crippen molar-refractivity contribution in [2.24, 2.45) is 0 Å². The molecule has 6 heteroatoms. The highest BCUT2D eigenvalue weighted by Crippen LogP contribution is 2.45. The van der Waals surface area contributed by atoms with E-state index in [2.05, 4.69) is 0 Å². The zero-order chi connectivity index (χ0) is 24.2. The lowest BCUT2D eigenvalue weighted by molar-refractivity contribution is 0.0841. The molecule has 0 N–H and O–H groups in total. The molecule has 0 saturated carbocycles. The highest BCUT2D eigenvalue weighted by Gasteiger charge is 2.33. The van der Waals surface area contributed by atoms with Crippen molar-refractivity contribution in [2.45, 2.75) is 25.7 Å². The first kappa shape index (κ1) is 23.3.